The Hall–Kier alpha value is -2.64. The highest BCUT2D eigenvalue weighted by atomic mass is 32.2. The Bertz CT molecular complexity index is 886. The third-order valence-electron chi connectivity index (χ3n) is 3.57. The first-order chi connectivity index (χ1) is 11.8. The molecule has 3 N–H and O–H groups in total. The van der Waals surface area contributed by atoms with Gasteiger partial charge in [-0.05, 0) is 37.1 Å². The van der Waals surface area contributed by atoms with Crippen LogP contribution in [0.2, 0.25) is 0 Å². The number of carbonyl (C=O) groups is 1. The van der Waals surface area contributed by atoms with Gasteiger partial charge in [-0.25, -0.2) is 0 Å². The Balaban J connectivity index is 0.000000186. The van der Waals surface area contributed by atoms with Crippen LogP contribution in [-0.2, 0) is 21.3 Å². The van der Waals surface area contributed by atoms with E-state index in [1.165, 1.54) is 17.7 Å². The number of aryl methyl sites for hydroxylation is 1. The normalized spacial score (nSPS) is 12.1. The summed E-state index contributed by atoms with van der Waals surface area (Å²) in [6, 6.07) is 11.9. The van der Waals surface area contributed by atoms with Crippen molar-refractivity contribution in [2.45, 2.75) is 18.2 Å². The lowest BCUT2D eigenvalue weighted by molar-refractivity contribution is -0.134. The van der Waals surface area contributed by atoms with E-state index in [0.717, 1.165) is 23.2 Å². The number of allylic oxidation sites excluding steroid dienone is 1. The highest BCUT2D eigenvalue weighted by molar-refractivity contribution is 7.85. The van der Waals surface area contributed by atoms with Gasteiger partial charge >= 0.3 is 5.97 Å². The number of hydrogen-bond acceptors (Lipinski definition) is 4. The maximum atomic E-state index is 10.5. The zero-order valence-corrected chi connectivity index (χ0v) is 14.5. The molecule has 0 saturated heterocycles. The van der Waals surface area contributed by atoms with Gasteiger partial charge in [-0.1, -0.05) is 42.0 Å². The lowest BCUT2D eigenvalue weighted by Gasteiger charge is -2.08. The second kappa shape index (κ2) is 7.96. The molecule has 0 aromatic heterocycles. The summed E-state index contributed by atoms with van der Waals surface area (Å²) < 4.78 is 29.6. The molecule has 2 aromatic carbocycles. The van der Waals surface area contributed by atoms with Crippen molar-refractivity contribution >= 4 is 27.9 Å². The standard InChI is InChI=1S/C11H11NO2.C7H8O3S/c13-11(14)7-12-10-6-2-4-8-3-1-5-9(8)10;1-6-2-4-7(5-3-6)11(8,9)10/h1-2,4-6,12H,3,7H2,(H,13,14);2-5H,1H3,(H,8,9,10). The molecule has 0 amide bonds. The number of benzene rings is 2. The smallest absolute Gasteiger partial charge is 0.322 e. The SMILES string of the molecule is Cc1ccc(S(=O)(=O)O)cc1.O=C(O)CNc1cccc2c1C=CC2. The van der Waals surface area contributed by atoms with Crippen molar-refractivity contribution in [3.63, 3.8) is 0 Å². The summed E-state index contributed by atoms with van der Waals surface area (Å²) in [7, 11) is -4.02. The Labute approximate surface area is 146 Å². The van der Waals surface area contributed by atoms with Crippen LogP contribution in [0.15, 0.2) is 53.4 Å². The summed E-state index contributed by atoms with van der Waals surface area (Å²) in [5, 5.41) is 11.4. The maximum absolute atomic E-state index is 10.5. The zero-order valence-electron chi connectivity index (χ0n) is 13.6. The number of fused-ring (bicyclic) bond motifs is 1. The molecule has 6 nitrogen and oxygen atoms in total. The van der Waals surface area contributed by atoms with Crippen LogP contribution in [0.25, 0.3) is 6.08 Å². The van der Waals surface area contributed by atoms with Crippen LogP contribution in [0, 0.1) is 6.92 Å². The first kappa shape index (κ1) is 18.7. The fraction of sp³-hybridized carbons (Fsp3) is 0.167. The molecule has 0 unspecified atom stereocenters. The van der Waals surface area contributed by atoms with Gasteiger partial charge in [0.25, 0.3) is 10.1 Å². The van der Waals surface area contributed by atoms with E-state index in [-0.39, 0.29) is 11.4 Å². The van der Waals surface area contributed by atoms with Gasteiger partial charge in [0, 0.05) is 11.3 Å². The number of nitrogens with one attached hydrogen (secondary N) is 1. The van der Waals surface area contributed by atoms with Gasteiger partial charge in [0.05, 0.1) is 4.90 Å². The van der Waals surface area contributed by atoms with Crippen molar-refractivity contribution in [3.05, 3.63) is 65.2 Å². The number of anilines is 1. The van der Waals surface area contributed by atoms with Crippen molar-refractivity contribution in [2.24, 2.45) is 0 Å². The second-order valence-electron chi connectivity index (χ2n) is 5.52. The maximum Gasteiger partial charge on any atom is 0.322 e. The summed E-state index contributed by atoms with van der Waals surface area (Å²) in [5.41, 5.74) is 4.23. The van der Waals surface area contributed by atoms with Crippen LogP contribution < -0.4 is 5.32 Å². The molecule has 0 radical (unpaired) electrons. The van der Waals surface area contributed by atoms with Crippen molar-refractivity contribution in [1.82, 2.24) is 0 Å². The van der Waals surface area contributed by atoms with Crippen LogP contribution in [0.4, 0.5) is 5.69 Å². The molecule has 7 heteroatoms. The summed E-state index contributed by atoms with van der Waals surface area (Å²) in [5.74, 6) is -0.843. The largest absolute Gasteiger partial charge is 0.480 e. The molecule has 1 aliphatic carbocycles. The highest BCUT2D eigenvalue weighted by Crippen LogP contribution is 2.26. The topological polar surface area (TPSA) is 104 Å². The Morgan fingerprint density at radius 2 is 1.84 bits per heavy atom. The molecule has 0 aliphatic heterocycles. The molecule has 0 spiro atoms. The van der Waals surface area contributed by atoms with E-state index >= 15 is 0 Å². The molecule has 132 valence electrons. The molecule has 1 aliphatic rings. The van der Waals surface area contributed by atoms with Gasteiger partial charge in [0.1, 0.15) is 6.54 Å². The number of hydrogen-bond donors (Lipinski definition) is 3. The third kappa shape index (κ3) is 5.44. The molecule has 0 heterocycles. The van der Waals surface area contributed by atoms with E-state index in [2.05, 4.69) is 17.5 Å². The van der Waals surface area contributed by atoms with E-state index in [1.54, 1.807) is 12.1 Å². The average Bonchev–Trinajstić information content (AvgIpc) is 3.02. The minimum Gasteiger partial charge on any atom is -0.480 e. The predicted molar refractivity (Wildman–Crippen MR) is 96.3 cm³/mol. The second-order valence-corrected chi connectivity index (χ2v) is 6.94. The minimum absolute atomic E-state index is 0.0374. The van der Waals surface area contributed by atoms with Crippen LogP contribution in [-0.4, -0.2) is 30.6 Å². The summed E-state index contributed by atoms with van der Waals surface area (Å²) in [6.45, 7) is 1.80. The average molecular weight is 361 g/mol. The van der Waals surface area contributed by atoms with Crippen LogP contribution in [0.1, 0.15) is 16.7 Å². The van der Waals surface area contributed by atoms with Crippen molar-refractivity contribution < 1.29 is 22.9 Å². The van der Waals surface area contributed by atoms with Crippen molar-refractivity contribution in [2.75, 3.05) is 11.9 Å². The van der Waals surface area contributed by atoms with Gasteiger partial charge in [0.15, 0.2) is 0 Å². The van der Waals surface area contributed by atoms with Crippen LogP contribution in [0.3, 0.4) is 0 Å². The van der Waals surface area contributed by atoms with Crippen molar-refractivity contribution in [3.8, 4) is 0 Å². The monoisotopic (exact) mass is 361 g/mol. The number of rotatable bonds is 4. The van der Waals surface area contributed by atoms with E-state index in [1.807, 2.05) is 25.1 Å². The van der Waals surface area contributed by atoms with E-state index < -0.39 is 16.1 Å². The molecule has 0 bridgehead atoms. The fourth-order valence-electron chi connectivity index (χ4n) is 2.33. The van der Waals surface area contributed by atoms with Crippen LogP contribution in [0.5, 0.6) is 0 Å². The molecule has 0 fully saturated rings. The number of carboxylic acid groups (broad SMARTS) is 1. The first-order valence-electron chi connectivity index (χ1n) is 7.55. The highest BCUT2D eigenvalue weighted by Gasteiger charge is 2.09. The number of carboxylic acids is 1. The predicted octanol–water partition coefficient (Wildman–Crippen LogP) is 2.99. The van der Waals surface area contributed by atoms with E-state index in [4.69, 9.17) is 9.66 Å². The van der Waals surface area contributed by atoms with Gasteiger partial charge in [-0.2, -0.15) is 8.42 Å². The van der Waals surface area contributed by atoms with E-state index in [0.29, 0.717) is 0 Å². The van der Waals surface area contributed by atoms with Gasteiger partial charge in [0.2, 0.25) is 0 Å². The van der Waals surface area contributed by atoms with Gasteiger partial charge in [-0.15, -0.1) is 0 Å². The summed E-state index contributed by atoms with van der Waals surface area (Å²) in [4.78, 5) is 10.3. The fourth-order valence-corrected chi connectivity index (χ4v) is 2.81. The molecule has 0 saturated carbocycles. The van der Waals surface area contributed by atoms with Gasteiger partial charge in [-0.3, -0.25) is 9.35 Å². The summed E-state index contributed by atoms with van der Waals surface area (Å²) >= 11 is 0. The zero-order chi connectivity index (χ0) is 18.4. The molecule has 2 aromatic rings. The molecular formula is C18H19NO5S. The van der Waals surface area contributed by atoms with Crippen LogP contribution >= 0.6 is 0 Å². The lowest BCUT2D eigenvalue weighted by Crippen LogP contribution is -2.13. The van der Waals surface area contributed by atoms with Gasteiger partial charge < -0.3 is 10.4 Å². The summed E-state index contributed by atoms with van der Waals surface area (Å²) in [6.07, 6.45) is 5.05. The Morgan fingerprint density at radius 1 is 1.16 bits per heavy atom. The van der Waals surface area contributed by atoms with Crippen molar-refractivity contribution in [1.29, 1.82) is 0 Å². The Kier molecular flexibility index (Phi) is 5.95. The third-order valence-corrected chi connectivity index (χ3v) is 4.44. The first-order valence-corrected chi connectivity index (χ1v) is 8.99. The lowest BCUT2D eigenvalue weighted by atomic mass is 10.1. The van der Waals surface area contributed by atoms with E-state index in [9.17, 15) is 13.2 Å². The Morgan fingerprint density at radius 3 is 2.44 bits per heavy atom. The minimum atomic E-state index is -4.02. The number of aliphatic carboxylic acids is 1. The quantitative estimate of drug-likeness (QED) is 0.723. The molecule has 3 rings (SSSR count). The molecule has 25 heavy (non-hydrogen) atoms. The molecular weight excluding hydrogens is 342 g/mol. The molecule has 0 atom stereocenters.